The van der Waals surface area contributed by atoms with Crippen molar-refractivity contribution >= 4 is 5.97 Å². The fraction of sp³-hybridized carbons (Fsp3) is 0.457. The van der Waals surface area contributed by atoms with E-state index in [1.54, 1.807) is 0 Å². The summed E-state index contributed by atoms with van der Waals surface area (Å²) >= 11 is 0. The first-order chi connectivity index (χ1) is 26.1. The molecule has 0 spiro atoms. The topological polar surface area (TPSA) is 81.7 Å². The van der Waals surface area contributed by atoms with Gasteiger partial charge in [0.2, 0.25) is 0 Å². The Hall–Kier alpha value is -4.50. The van der Waals surface area contributed by atoms with Crippen molar-refractivity contribution in [3.63, 3.8) is 0 Å². The maximum absolute atomic E-state index is 14.1. The minimum atomic E-state index is -7.96. The van der Waals surface area contributed by atoms with E-state index >= 15 is 0 Å². The van der Waals surface area contributed by atoms with Gasteiger partial charge in [-0.05, 0) is 53.6 Å². The zero-order valence-electron chi connectivity index (χ0n) is 28.6. The van der Waals surface area contributed by atoms with Gasteiger partial charge in [0.15, 0.2) is 11.5 Å². The standard InChI is InChI=1S/C35H31F13O8/c36-30(37,31(38,39)32(40,41)33(42,43)34(44,45)35(46,47)48)11-12-53-25-6-1-22(2-7-25)23-3-8-26(9-4-23)56-29(49)24-5-10-27-28(21-24)55-20-18-52-16-14-50-13-15-51-17-19-54-27/h1-10,21H,11-20H2. The minimum absolute atomic E-state index is 0.114. The van der Waals surface area contributed by atoms with Crippen LogP contribution < -0.4 is 18.9 Å². The SMILES string of the molecule is O=C(Oc1ccc(-c2ccc(OCCC(F)(F)C(F)(F)C(F)(F)C(F)(F)C(F)(F)C(F)(F)F)cc2)cc1)c1ccc2c(c1)OCCOCCOCCOCCO2. The van der Waals surface area contributed by atoms with Gasteiger partial charge >= 0.3 is 41.8 Å². The molecule has 4 rings (SSSR count). The van der Waals surface area contributed by atoms with Crippen molar-refractivity contribution in [3.05, 3.63) is 72.3 Å². The lowest BCUT2D eigenvalue weighted by Crippen LogP contribution is -2.70. The number of halogens is 13. The van der Waals surface area contributed by atoms with Crippen LogP contribution in [0.1, 0.15) is 16.8 Å². The molecule has 21 heteroatoms. The molecule has 1 aliphatic heterocycles. The van der Waals surface area contributed by atoms with Crippen molar-refractivity contribution in [2.45, 2.75) is 42.2 Å². The number of carbonyl (C=O) groups excluding carboxylic acids is 1. The first-order valence-corrected chi connectivity index (χ1v) is 16.3. The Morgan fingerprint density at radius 3 is 1.46 bits per heavy atom. The molecular formula is C35H31F13O8. The second kappa shape index (κ2) is 17.7. The number of rotatable bonds is 11. The van der Waals surface area contributed by atoms with Crippen LogP contribution in [0.25, 0.3) is 11.1 Å². The Labute approximate surface area is 309 Å². The highest BCUT2D eigenvalue weighted by Crippen LogP contribution is 2.60. The van der Waals surface area contributed by atoms with Crippen molar-refractivity contribution in [2.75, 3.05) is 59.5 Å². The summed E-state index contributed by atoms with van der Waals surface area (Å²) in [6.45, 7) is 0.752. The molecule has 0 atom stereocenters. The molecule has 0 saturated carbocycles. The van der Waals surface area contributed by atoms with Crippen LogP contribution in [0.2, 0.25) is 0 Å². The number of esters is 1. The first-order valence-electron chi connectivity index (χ1n) is 16.3. The summed E-state index contributed by atoms with van der Waals surface area (Å²) in [5.41, 5.74) is 1.04. The second-order valence-electron chi connectivity index (χ2n) is 11.7. The average Bonchev–Trinajstić information content (AvgIpc) is 3.14. The van der Waals surface area contributed by atoms with E-state index in [1.165, 1.54) is 54.6 Å². The molecule has 310 valence electrons. The Morgan fingerprint density at radius 1 is 0.518 bits per heavy atom. The highest BCUT2D eigenvalue weighted by molar-refractivity contribution is 5.92. The monoisotopic (exact) mass is 826 g/mol. The molecule has 0 aliphatic carbocycles. The molecule has 0 bridgehead atoms. The van der Waals surface area contributed by atoms with E-state index in [-0.39, 0.29) is 49.2 Å². The van der Waals surface area contributed by atoms with Gasteiger partial charge in [0.05, 0.1) is 58.2 Å². The largest absolute Gasteiger partial charge is 0.493 e. The highest BCUT2D eigenvalue weighted by atomic mass is 19.4. The smallest absolute Gasteiger partial charge is 0.460 e. The van der Waals surface area contributed by atoms with Gasteiger partial charge in [0.25, 0.3) is 0 Å². The van der Waals surface area contributed by atoms with Crippen LogP contribution in [0.15, 0.2) is 66.7 Å². The van der Waals surface area contributed by atoms with E-state index in [2.05, 4.69) is 0 Å². The summed E-state index contributed by atoms with van der Waals surface area (Å²) in [5, 5.41) is 0. The average molecular weight is 827 g/mol. The van der Waals surface area contributed by atoms with Crippen molar-refractivity contribution in [3.8, 4) is 34.1 Å². The molecule has 3 aromatic carbocycles. The zero-order valence-corrected chi connectivity index (χ0v) is 28.6. The van der Waals surface area contributed by atoms with Gasteiger partial charge in [0.1, 0.15) is 24.7 Å². The van der Waals surface area contributed by atoms with Crippen molar-refractivity contribution in [2.24, 2.45) is 0 Å². The number of fused-ring (bicyclic) bond motifs is 1. The lowest BCUT2D eigenvalue weighted by atomic mass is 9.93. The highest BCUT2D eigenvalue weighted by Gasteiger charge is 2.90. The van der Waals surface area contributed by atoms with Crippen molar-refractivity contribution < 1.29 is 95.0 Å². The van der Waals surface area contributed by atoms with E-state index in [1.807, 2.05) is 0 Å². The Bertz CT molecular complexity index is 1730. The van der Waals surface area contributed by atoms with Crippen LogP contribution in [-0.2, 0) is 14.2 Å². The van der Waals surface area contributed by atoms with Gasteiger partial charge in [-0.2, -0.15) is 57.1 Å². The first kappa shape index (κ1) is 44.2. The molecular weight excluding hydrogens is 795 g/mol. The van der Waals surface area contributed by atoms with E-state index in [9.17, 15) is 61.9 Å². The number of alkyl halides is 13. The molecule has 1 aliphatic rings. The zero-order chi connectivity index (χ0) is 41.4. The van der Waals surface area contributed by atoms with Crippen LogP contribution >= 0.6 is 0 Å². The van der Waals surface area contributed by atoms with E-state index in [0.717, 1.165) is 12.1 Å². The molecule has 0 saturated heterocycles. The van der Waals surface area contributed by atoms with Gasteiger partial charge < -0.3 is 33.2 Å². The quantitative estimate of drug-likeness (QED) is 0.108. The fourth-order valence-corrected chi connectivity index (χ4v) is 4.71. The third-order valence-corrected chi connectivity index (χ3v) is 7.83. The molecule has 56 heavy (non-hydrogen) atoms. The van der Waals surface area contributed by atoms with Gasteiger partial charge in [0, 0.05) is 0 Å². The van der Waals surface area contributed by atoms with Crippen LogP contribution in [-0.4, -0.2) is 101 Å². The second-order valence-corrected chi connectivity index (χ2v) is 11.7. The van der Waals surface area contributed by atoms with Crippen molar-refractivity contribution in [1.29, 1.82) is 0 Å². The summed E-state index contributed by atoms with van der Waals surface area (Å²) in [7, 11) is 0. The fourth-order valence-electron chi connectivity index (χ4n) is 4.71. The summed E-state index contributed by atoms with van der Waals surface area (Å²) < 4.78 is 211. The Kier molecular flexibility index (Phi) is 14.0. The summed E-state index contributed by atoms with van der Waals surface area (Å²) in [5.74, 6) is -37.6. The molecule has 0 N–H and O–H groups in total. The van der Waals surface area contributed by atoms with Gasteiger partial charge in [-0.15, -0.1) is 0 Å². The molecule has 1 heterocycles. The summed E-state index contributed by atoms with van der Waals surface area (Å²) in [4.78, 5) is 12.9. The normalized spacial score (nSPS) is 16.0. The third kappa shape index (κ3) is 9.89. The van der Waals surface area contributed by atoms with Crippen LogP contribution in [0.5, 0.6) is 23.0 Å². The molecule has 0 unspecified atom stereocenters. The van der Waals surface area contributed by atoms with Gasteiger partial charge in [-0.3, -0.25) is 0 Å². The molecule has 0 fully saturated rings. The van der Waals surface area contributed by atoms with Gasteiger partial charge in [-0.1, -0.05) is 24.3 Å². The molecule has 0 amide bonds. The number of hydrogen-bond acceptors (Lipinski definition) is 8. The van der Waals surface area contributed by atoms with E-state index in [4.69, 9.17) is 33.2 Å². The van der Waals surface area contributed by atoms with Crippen molar-refractivity contribution in [1.82, 2.24) is 0 Å². The van der Waals surface area contributed by atoms with Crippen LogP contribution in [0.3, 0.4) is 0 Å². The van der Waals surface area contributed by atoms with Crippen LogP contribution in [0, 0.1) is 0 Å². The van der Waals surface area contributed by atoms with Gasteiger partial charge in [-0.25, -0.2) is 4.79 Å². The summed E-state index contributed by atoms with van der Waals surface area (Å²) in [6.07, 6.45) is -9.97. The molecule has 0 radical (unpaired) electrons. The Morgan fingerprint density at radius 2 is 0.964 bits per heavy atom. The molecule has 3 aromatic rings. The predicted octanol–water partition coefficient (Wildman–Crippen LogP) is 8.90. The lowest BCUT2D eigenvalue weighted by Gasteiger charge is -2.39. The van der Waals surface area contributed by atoms with E-state index in [0.29, 0.717) is 43.3 Å². The number of hydrogen-bond donors (Lipinski definition) is 0. The minimum Gasteiger partial charge on any atom is -0.493 e. The maximum atomic E-state index is 14.1. The van der Waals surface area contributed by atoms with Crippen LogP contribution in [0.4, 0.5) is 57.1 Å². The number of carbonyl (C=O) groups is 1. The lowest BCUT2D eigenvalue weighted by molar-refractivity contribution is -0.440. The third-order valence-electron chi connectivity index (χ3n) is 7.83. The predicted molar refractivity (Wildman–Crippen MR) is 168 cm³/mol. The number of benzene rings is 3. The molecule has 0 aromatic heterocycles. The molecule has 8 nitrogen and oxygen atoms in total. The van der Waals surface area contributed by atoms with E-state index < -0.39 is 54.8 Å². The Balaban J connectivity index is 1.34. The number of ether oxygens (including phenoxy) is 7. The maximum Gasteiger partial charge on any atom is 0.460 e. The summed E-state index contributed by atoms with van der Waals surface area (Å²) in [6, 6.07) is 15.1.